The molecule has 0 saturated carbocycles. The third-order valence-corrected chi connectivity index (χ3v) is 4.97. The number of aliphatic carboxylic acids is 1. The molecule has 6 atom stereocenters. The average molecular weight is 439 g/mol. The second-order valence-electron chi connectivity index (χ2n) is 6.46. The van der Waals surface area contributed by atoms with Crippen molar-refractivity contribution in [3.05, 3.63) is 0 Å². The Morgan fingerprint density at radius 1 is 0.929 bits per heavy atom. The van der Waals surface area contributed by atoms with Crippen LogP contribution in [0.1, 0.15) is 27.2 Å². The lowest BCUT2D eigenvalue weighted by molar-refractivity contribution is -0.142. The average Bonchev–Trinajstić information content (AvgIpc) is 2.65. The molecule has 3 amide bonds. The van der Waals surface area contributed by atoms with Crippen LogP contribution in [0.2, 0.25) is 0 Å². The molecule has 0 aliphatic heterocycles. The molecule has 28 heavy (non-hydrogen) atoms. The molecular weight excluding hydrogens is 408 g/mol. The number of aliphatic hydroxyl groups excluding tert-OH is 1. The number of rotatable bonds is 12. The minimum Gasteiger partial charge on any atom is -0.480 e. The van der Waals surface area contributed by atoms with Gasteiger partial charge in [0.1, 0.15) is 18.1 Å². The number of nitrogens with one attached hydrogen (secondary N) is 3. The topological polar surface area (TPSA) is 171 Å². The zero-order valence-electron chi connectivity index (χ0n) is 16.1. The number of carbonyl (C=O) groups excluding carboxylic acids is 3. The standard InChI is InChI=1S/C16H30N4O6S2/c1-4-7(2)11(17)14(23)18-9(5-27)13(22)20-12(8(3)21)15(24)19-10(6-28)16(25)26/h7-12,21,27-28H,4-6,17H2,1-3H3,(H,18,23)(H,19,24)(H,20,22)(H,25,26). The lowest BCUT2D eigenvalue weighted by atomic mass is 9.99. The predicted molar refractivity (Wildman–Crippen MR) is 110 cm³/mol. The SMILES string of the molecule is CCC(C)C(N)C(=O)NC(CS)C(=O)NC(C(=O)NC(CS)C(=O)O)C(C)O. The first-order valence-electron chi connectivity index (χ1n) is 8.79. The van der Waals surface area contributed by atoms with E-state index in [0.717, 1.165) is 0 Å². The maximum Gasteiger partial charge on any atom is 0.327 e. The first-order valence-corrected chi connectivity index (χ1v) is 10.1. The Balaban J connectivity index is 5.12. The molecular formula is C16H30N4O6S2. The Hall–Kier alpha value is -1.50. The van der Waals surface area contributed by atoms with Crippen LogP contribution in [-0.4, -0.2) is 75.7 Å². The molecule has 10 nitrogen and oxygen atoms in total. The van der Waals surface area contributed by atoms with E-state index in [9.17, 15) is 24.3 Å². The first kappa shape index (κ1) is 26.5. The number of carboxylic acids is 1. The van der Waals surface area contributed by atoms with Gasteiger partial charge in [0.25, 0.3) is 0 Å². The smallest absolute Gasteiger partial charge is 0.327 e. The van der Waals surface area contributed by atoms with Gasteiger partial charge in [0.15, 0.2) is 0 Å². The minimum atomic E-state index is -1.43. The van der Waals surface area contributed by atoms with Gasteiger partial charge in [-0.05, 0) is 12.8 Å². The van der Waals surface area contributed by atoms with E-state index in [0.29, 0.717) is 6.42 Å². The molecule has 12 heteroatoms. The second kappa shape index (κ2) is 12.9. The molecule has 6 unspecified atom stereocenters. The fourth-order valence-corrected chi connectivity index (χ4v) is 2.59. The third kappa shape index (κ3) is 8.25. The summed E-state index contributed by atoms with van der Waals surface area (Å²) in [7, 11) is 0. The van der Waals surface area contributed by atoms with E-state index in [1.165, 1.54) is 6.92 Å². The van der Waals surface area contributed by atoms with Crippen LogP contribution < -0.4 is 21.7 Å². The highest BCUT2D eigenvalue weighted by atomic mass is 32.1. The quantitative estimate of drug-likeness (QED) is 0.165. The molecule has 0 aliphatic rings. The van der Waals surface area contributed by atoms with E-state index < -0.39 is 54.0 Å². The molecule has 0 fully saturated rings. The Kier molecular flexibility index (Phi) is 12.2. The predicted octanol–water partition coefficient (Wildman–Crippen LogP) is -1.86. The van der Waals surface area contributed by atoms with Crippen molar-refractivity contribution >= 4 is 48.9 Å². The molecule has 0 aromatic carbocycles. The van der Waals surface area contributed by atoms with Gasteiger partial charge in [-0.1, -0.05) is 20.3 Å². The highest BCUT2D eigenvalue weighted by Gasteiger charge is 2.32. The van der Waals surface area contributed by atoms with Crippen molar-refractivity contribution in [1.29, 1.82) is 0 Å². The van der Waals surface area contributed by atoms with Crippen LogP contribution in [0.15, 0.2) is 0 Å². The van der Waals surface area contributed by atoms with Crippen LogP contribution in [0.4, 0.5) is 0 Å². The summed E-state index contributed by atoms with van der Waals surface area (Å²) in [6.07, 6.45) is -0.649. The summed E-state index contributed by atoms with van der Waals surface area (Å²) in [6, 6.07) is -4.64. The number of thiol groups is 2. The van der Waals surface area contributed by atoms with Crippen molar-refractivity contribution in [2.24, 2.45) is 11.7 Å². The van der Waals surface area contributed by atoms with Crippen molar-refractivity contribution in [3.8, 4) is 0 Å². The molecule has 0 radical (unpaired) electrons. The van der Waals surface area contributed by atoms with Crippen molar-refractivity contribution in [2.75, 3.05) is 11.5 Å². The minimum absolute atomic E-state index is 0.0761. The fourth-order valence-electron chi connectivity index (χ4n) is 2.08. The fraction of sp³-hybridized carbons (Fsp3) is 0.750. The molecule has 7 N–H and O–H groups in total. The van der Waals surface area contributed by atoms with E-state index in [4.69, 9.17) is 10.8 Å². The van der Waals surface area contributed by atoms with Gasteiger partial charge in [-0.2, -0.15) is 25.3 Å². The zero-order chi connectivity index (χ0) is 22.0. The summed E-state index contributed by atoms with van der Waals surface area (Å²) in [5, 5.41) is 25.7. The molecule has 0 rings (SSSR count). The third-order valence-electron chi connectivity index (χ3n) is 4.24. The Bertz CT molecular complexity index is 563. The van der Waals surface area contributed by atoms with E-state index in [-0.39, 0.29) is 17.4 Å². The summed E-state index contributed by atoms with van der Waals surface area (Å²) >= 11 is 7.86. The number of hydrogen-bond donors (Lipinski definition) is 8. The number of carboxylic acid groups (broad SMARTS) is 1. The summed E-state index contributed by atoms with van der Waals surface area (Å²) < 4.78 is 0. The lowest BCUT2D eigenvalue weighted by Crippen LogP contribution is -2.60. The molecule has 0 bridgehead atoms. The lowest BCUT2D eigenvalue weighted by Gasteiger charge is -2.26. The van der Waals surface area contributed by atoms with Crippen LogP contribution in [-0.2, 0) is 19.2 Å². The van der Waals surface area contributed by atoms with Gasteiger partial charge in [0.2, 0.25) is 17.7 Å². The van der Waals surface area contributed by atoms with Crippen LogP contribution in [0.25, 0.3) is 0 Å². The maximum absolute atomic E-state index is 12.4. The summed E-state index contributed by atoms with van der Waals surface area (Å²) in [4.78, 5) is 47.9. The van der Waals surface area contributed by atoms with Gasteiger partial charge < -0.3 is 31.9 Å². The van der Waals surface area contributed by atoms with Crippen LogP contribution in [0.3, 0.4) is 0 Å². The Morgan fingerprint density at radius 2 is 1.43 bits per heavy atom. The van der Waals surface area contributed by atoms with Gasteiger partial charge in [-0.15, -0.1) is 0 Å². The Morgan fingerprint density at radius 3 is 1.82 bits per heavy atom. The van der Waals surface area contributed by atoms with Gasteiger partial charge >= 0.3 is 5.97 Å². The van der Waals surface area contributed by atoms with Crippen molar-refractivity contribution in [3.63, 3.8) is 0 Å². The maximum atomic E-state index is 12.4. The molecule has 0 aromatic rings. The van der Waals surface area contributed by atoms with Crippen LogP contribution in [0, 0.1) is 5.92 Å². The van der Waals surface area contributed by atoms with Gasteiger partial charge in [-0.3, -0.25) is 14.4 Å². The van der Waals surface area contributed by atoms with Crippen molar-refractivity contribution < 1.29 is 29.4 Å². The van der Waals surface area contributed by atoms with E-state index >= 15 is 0 Å². The zero-order valence-corrected chi connectivity index (χ0v) is 17.9. The molecule has 0 aliphatic carbocycles. The largest absolute Gasteiger partial charge is 0.480 e. The van der Waals surface area contributed by atoms with Crippen molar-refractivity contribution in [1.82, 2.24) is 16.0 Å². The number of nitrogens with two attached hydrogens (primary N) is 1. The van der Waals surface area contributed by atoms with E-state index in [1.807, 2.05) is 6.92 Å². The number of hydrogen-bond acceptors (Lipinski definition) is 8. The molecule has 162 valence electrons. The monoisotopic (exact) mass is 438 g/mol. The van der Waals surface area contributed by atoms with Crippen molar-refractivity contribution in [2.45, 2.75) is 57.5 Å². The number of aliphatic hydroxyl groups is 1. The molecule has 0 spiro atoms. The van der Waals surface area contributed by atoms with Gasteiger partial charge in [0, 0.05) is 11.5 Å². The molecule has 0 saturated heterocycles. The summed E-state index contributed by atoms with van der Waals surface area (Å²) in [5.41, 5.74) is 5.83. The Labute approximate surface area is 175 Å². The highest BCUT2D eigenvalue weighted by Crippen LogP contribution is 2.06. The number of carbonyl (C=O) groups is 4. The van der Waals surface area contributed by atoms with E-state index in [1.54, 1.807) is 6.92 Å². The summed E-state index contributed by atoms with van der Waals surface area (Å²) in [6.45, 7) is 4.93. The van der Waals surface area contributed by atoms with E-state index in [2.05, 4.69) is 41.2 Å². The van der Waals surface area contributed by atoms with Crippen LogP contribution >= 0.6 is 25.3 Å². The number of amides is 3. The first-order chi connectivity index (χ1) is 13.0. The van der Waals surface area contributed by atoms with Gasteiger partial charge in [-0.25, -0.2) is 4.79 Å². The molecule has 0 aromatic heterocycles. The highest BCUT2D eigenvalue weighted by molar-refractivity contribution is 7.80. The second-order valence-corrected chi connectivity index (χ2v) is 7.19. The van der Waals surface area contributed by atoms with Gasteiger partial charge in [0.05, 0.1) is 12.1 Å². The van der Waals surface area contributed by atoms with Crippen LogP contribution in [0.5, 0.6) is 0 Å². The normalized spacial score (nSPS) is 17.4. The molecule has 0 heterocycles. The summed E-state index contributed by atoms with van der Waals surface area (Å²) in [5.74, 6) is -3.86.